The molecule has 1 N–H and O–H groups in total. The second-order valence-electron chi connectivity index (χ2n) is 5.48. The standard InChI is InChI=1S/C18H20N4O/c23-18(21-9-8-17-13-19-10-11-20-17)22-12-4-7-16(14-22)15-5-2-1-3-6-15/h1-3,5-7,10-11,13H,4,8-9,12,14H2,(H,21,23). The molecule has 5 nitrogen and oxygen atoms in total. The summed E-state index contributed by atoms with van der Waals surface area (Å²) < 4.78 is 0. The maximum Gasteiger partial charge on any atom is 0.317 e. The van der Waals surface area contributed by atoms with Crippen LogP contribution in [0.3, 0.4) is 0 Å². The predicted octanol–water partition coefficient (Wildman–Crippen LogP) is 2.52. The van der Waals surface area contributed by atoms with Gasteiger partial charge in [-0.15, -0.1) is 0 Å². The first-order valence-corrected chi connectivity index (χ1v) is 7.85. The van der Waals surface area contributed by atoms with Gasteiger partial charge in [-0.25, -0.2) is 4.79 Å². The number of rotatable bonds is 4. The van der Waals surface area contributed by atoms with E-state index in [0.717, 1.165) is 18.7 Å². The molecule has 2 heterocycles. The van der Waals surface area contributed by atoms with Crippen molar-refractivity contribution in [1.82, 2.24) is 20.2 Å². The largest absolute Gasteiger partial charge is 0.338 e. The van der Waals surface area contributed by atoms with Gasteiger partial charge >= 0.3 is 6.03 Å². The lowest BCUT2D eigenvalue weighted by Crippen LogP contribution is -2.43. The number of carbonyl (C=O) groups is 1. The Balaban J connectivity index is 1.51. The maximum absolute atomic E-state index is 12.3. The number of nitrogens with zero attached hydrogens (tertiary/aromatic N) is 3. The molecular formula is C18H20N4O. The Morgan fingerprint density at radius 3 is 2.87 bits per heavy atom. The van der Waals surface area contributed by atoms with Crippen LogP contribution in [-0.4, -0.2) is 40.5 Å². The molecule has 1 aliphatic rings. The molecule has 0 atom stereocenters. The van der Waals surface area contributed by atoms with Crippen molar-refractivity contribution in [2.75, 3.05) is 19.6 Å². The fraction of sp³-hybridized carbons (Fsp3) is 0.278. The minimum atomic E-state index is -0.0181. The summed E-state index contributed by atoms with van der Waals surface area (Å²) >= 11 is 0. The van der Waals surface area contributed by atoms with Crippen LogP contribution < -0.4 is 5.32 Å². The summed E-state index contributed by atoms with van der Waals surface area (Å²) in [6, 6.07) is 10.2. The summed E-state index contributed by atoms with van der Waals surface area (Å²) in [7, 11) is 0. The van der Waals surface area contributed by atoms with Gasteiger partial charge in [-0.1, -0.05) is 36.4 Å². The Morgan fingerprint density at radius 1 is 1.22 bits per heavy atom. The Morgan fingerprint density at radius 2 is 2.09 bits per heavy atom. The highest BCUT2D eigenvalue weighted by Crippen LogP contribution is 2.20. The number of hydrogen-bond donors (Lipinski definition) is 1. The normalized spacial score (nSPS) is 14.3. The van der Waals surface area contributed by atoms with Gasteiger partial charge in [0.2, 0.25) is 0 Å². The van der Waals surface area contributed by atoms with Crippen LogP contribution in [0.1, 0.15) is 17.7 Å². The number of carbonyl (C=O) groups excluding carboxylic acids is 1. The lowest BCUT2D eigenvalue weighted by Gasteiger charge is -2.27. The topological polar surface area (TPSA) is 58.1 Å². The van der Waals surface area contributed by atoms with E-state index in [1.165, 1.54) is 11.1 Å². The minimum absolute atomic E-state index is 0.0181. The van der Waals surface area contributed by atoms with Crippen molar-refractivity contribution in [1.29, 1.82) is 0 Å². The van der Waals surface area contributed by atoms with Crippen molar-refractivity contribution < 1.29 is 4.79 Å². The van der Waals surface area contributed by atoms with Crippen molar-refractivity contribution in [3.05, 3.63) is 66.3 Å². The predicted molar refractivity (Wildman–Crippen MR) is 89.7 cm³/mol. The fourth-order valence-electron chi connectivity index (χ4n) is 2.65. The molecule has 0 aliphatic carbocycles. The van der Waals surface area contributed by atoms with E-state index < -0.39 is 0 Å². The van der Waals surface area contributed by atoms with Crippen LogP contribution in [0.4, 0.5) is 4.79 Å². The number of amides is 2. The third kappa shape index (κ3) is 4.16. The molecule has 0 saturated carbocycles. The third-order valence-corrected chi connectivity index (χ3v) is 3.86. The van der Waals surface area contributed by atoms with E-state index in [-0.39, 0.29) is 6.03 Å². The van der Waals surface area contributed by atoms with Crippen LogP contribution >= 0.6 is 0 Å². The highest BCUT2D eigenvalue weighted by atomic mass is 16.2. The average molecular weight is 308 g/mol. The van der Waals surface area contributed by atoms with E-state index in [4.69, 9.17) is 0 Å². The highest BCUT2D eigenvalue weighted by Gasteiger charge is 2.18. The van der Waals surface area contributed by atoms with Crippen LogP contribution in [-0.2, 0) is 6.42 Å². The smallest absolute Gasteiger partial charge is 0.317 e. The van der Waals surface area contributed by atoms with Crippen molar-refractivity contribution in [3.63, 3.8) is 0 Å². The molecule has 0 unspecified atom stereocenters. The Kier molecular flexibility index (Phi) is 4.99. The Hall–Kier alpha value is -2.69. The second-order valence-corrected chi connectivity index (χ2v) is 5.48. The van der Waals surface area contributed by atoms with Crippen molar-refractivity contribution >= 4 is 11.6 Å². The summed E-state index contributed by atoms with van der Waals surface area (Å²) in [6.45, 7) is 1.98. The molecule has 3 rings (SSSR count). The van der Waals surface area contributed by atoms with Gasteiger partial charge in [0.1, 0.15) is 0 Å². The first kappa shape index (κ1) is 15.2. The van der Waals surface area contributed by atoms with Gasteiger partial charge in [0.15, 0.2) is 0 Å². The van der Waals surface area contributed by atoms with Crippen molar-refractivity contribution in [2.45, 2.75) is 12.8 Å². The van der Waals surface area contributed by atoms with Gasteiger partial charge in [0, 0.05) is 44.6 Å². The Labute approximate surface area is 136 Å². The van der Waals surface area contributed by atoms with Gasteiger partial charge in [-0.2, -0.15) is 0 Å². The summed E-state index contributed by atoms with van der Waals surface area (Å²) in [4.78, 5) is 22.4. The zero-order valence-corrected chi connectivity index (χ0v) is 13.0. The molecule has 0 spiro atoms. The van der Waals surface area contributed by atoms with E-state index >= 15 is 0 Å². The SMILES string of the molecule is O=C(NCCc1cnccn1)N1CCC=C(c2ccccc2)C1. The van der Waals surface area contributed by atoms with Crippen LogP contribution in [0.25, 0.3) is 5.57 Å². The molecule has 118 valence electrons. The monoisotopic (exact) mass is 308 g/mol. The van der Waals surface area contributed by atoms with Gasteiger partial charge in [-0.05, 0) is 17.6 Å². The summed E-state index contributed by atoms with van der Waals surface area (Å²) in [5, 5.41) is 2.96. The van der Waals surface area contributed by atoms with E-state index in [9.17, 15) is 4.79 Å². The van der Waals surface area contributed by atoms with Crippen LogP contribution in [0.15, 0.2) is 55.0 Å². The zero-order valence-electron chi connectivity index (χ0n) is 13.0. The minimum Gasteiger partial charge on any atom is -0.338 e. The number of aromatic nitrogens is 2. The molecule has 1 aromatic heterocycles. The third-order valence-electron chi connectivity index (χ3n) is 3.86. The zero-order chi connectivity index (χ0) is 15.9. The number of hydrogen-bond acceptors (Lipinski definition) is 3. The fourth-order valence-corrected chi connectivity index (χ4v) is 2.65. The summed E-state index contributed by atoms with van der Waals surface area (Å²) in [5.74, 6) is 0. The van der Waals surface area contributed by atoms with Crippen molar-refractivity contribution in [2.24, 2.45) is 0 Å². The molecular weight excluding hydrogens is 288 g/mol. The molecule has 2 aromatic rings. The first-order chi connectivity index (χ1) is 11.3. The van der Waals surface area contributed by atoms with Gasteiger partial charge < -0.3 is 10.2 Å². The highest BCUT2D eigenvalue weighted by molar-refractivity contribution is 5.78. The maximum atomic E-state index is 12.3. The van der Waals surface area contributed by atoms with E-state index in [2.05, 4.69) is 33.5 Å². The number of nitrogens with one attached hydrogen (secondary N) is 1. The van der Waals surface area contributed by atoms with E-state index in [0.29, 0.717) is 19.5 Å². The van der Waals surface area contributed by atoms with Gasteiger partial charge in [0.25, 0.3) is 0 Å². The molecule has 0 fully saturated rings. The van der Waals surface area contributed by atoms with Crippen LogP contribution in [0.2, 0.25) is 0 Å². The van der Waals surface area contributed by atoms with Gasteiger partial charge in [0.05, 0.1) is 5.69 Å². The molecule has 0 radical (unpaired) electrons. The quantitative estimate of drug-likeness (QED) is 0.944. The summed E-state index contributed by atoms with van der Waals surface area (Å²) in [6.07, 6.45) is 8.84. The van der Waals surface area contributed by atoms with Gasteiger partial charge in [-0.3, -0.25) is 9.97 Å². The van der Waals surface area contributed by atoms with Crippen LogP contribution in [0.5, 0.6) is 0 Å². The Bertz CT molecular complexity index is 670. The number of benzene rings is 1. The number of urea groups is 1. The lowest BCUT2D eigenvalue weighted by molar-refractivity contribution is 0.203. The lowest BCUT2D eigenvalue weighted by atomic mass is 10.0. The molecule has 2 amide bonds. The molecule has 0 bridgehead atoms. The van der Waals surface area contributed by atoms with E-state index in [1.54, 1.807) is 18.6 Å². The molecule has 1 aromatic carbocycles. The molecule has 23 heavy (non-hydrogen) atoms. The molecule has 5 heteroatoms. The van der Waals surface area contributed by atoms with Crippen LogP contribution in [0, 0.1) is 0 Å². The molecule has 1 aliphatic heterocycles. The summed E-state index contributed by atoms with van der Waals surface area (Å²) in [5.41, 5.74) is 3.28. The molecule has 0 saturated heterocycles. The second kappa shape index (κ2) is 7.54. The van der Waals surface area contributed by atoms with Crippen molar-refractivity contribution in [3.8, 4) is 0 Å². The van der Waals surface area contributed by atoms with E-state index in [1.807, 2.05) is 23.1 Å². The first-order valence-electron chi connectivity index (χ1n) is 7.85. The average Bonchev–Trinajstić information content (AvgIpc) is 2.63.